The van der Waals surface area contributed by atoms with Gasteiger partial charge in [0, 0.05) is 10.5 Å². The molecule has 6 nitrogen and oxygen atoms in total. The first kappa shape index (κ1) is 20.6. The highest BCUT2D eigenvalue weighted by Crippen LogP contribution is 2.31. The van der Waals surface area contributed by atoms with E-state index in [9.17, 15) is 19.1 Å². The number of methoxy groups -OCH3 is 2. The number of hydrogen-bond donors (Lipinski definition) is 2. The number of carbonyl (C=O) groups is 2. The molecule has 1 atom stereocenters. The molecule has 0 saturated heterocycles. The maximum absolute atomic E-state index is 13.6. The smallest absolute Gasteiger partial charge is 0.305 e. The van der Waals surface area contributed by atoms with Crippen molar-refractivity contribution in [2.75, 3.05) is 20.5 Å². The number of aliphatic carboxylic acids is 1. The number of amides is 1. The fraction of sp³-hybridized carbons (Fsp3) is 0.263. The number of halogens is 1. The van der Waals surface area contributed by atoms with Gasteiger partial charge >= 0.3 is 5.97 Å². The van der Waals surface area contributed by atoms with Crippen LogP contribution >= 0.6 is 11.8 Å². The van der Waals surface area contributed by atoms with Gasteiger partial charge < -0.3 is 19.9 Å². The highest BCUT2D eigenvalue weighted by Gasteiger charge is 2.21. The van der Waals surface area contributed by atoms with Crippen molar-refractivity contribution < 1.29 is 28.6 Å². The van der Waals surface area contributed by atoms with Crippen LogP contribution in [0.5, 0.6) is 11.5 Å². The lowest BCUT2D eigenvalue weighted by atomic mass is 10.0. The molecule has 2 aromatic rings. The minimum atomic E-state index is -1.07. The van der Waals surface area contributed by atoms with E-state index in [1.807, 2.05) is 0 Å². The Morgan fingerprint density at radius 1 is 1.15 bits per heavy atom. The topological polar surface area (TPSA) is 84.9 Å². The molecule has 1 unspecified atom stereocenters. The highest BCUT2D eigenvalue weighted by molar-refractivity contribution is 7.98. The molecule has 0 fully saturated rings. The molecule has 0 spiro atoms. The van der Waals surface area contributed by atoms with Crippen LogP contribution in [0, 0.1) is 5.82 Å². The van der Waals surface area contributed by atoms with Crippen LogP contribution in [0.3, 0.4) is 0 Å². The number of thioether (sulfide) groups is 1. The van der Waals surface area contributed by atoms with Crippen LogP contribution in [0.4, 0.5) is 4.39 Å². The molecule has 0 aliphatic heterocycles. The molecule has 0 saturated carbocycles. The van der Waals surface area contributed by atoms with Crippen LogP contribution in [-0.4, -0.2) is 37.5 Å². The molecule has 0 aromatic heterocycles. The number of benzene rings is 2. The van der Waals surface area contributed by atoms with Gasteiger partial charge in [0.1, 0.15) is 5.82 Å². The monoisotopic (exact) mass is 393 g/mol. The number of carboxylic acid groups (broad SMARTS) is 1. The number of ether oxygens (including phenoxy) is 2. The Bertz CT molecular complexity index is 843. The van der Waals surface area contributed by atoms with Crippen LogP contribution < -0.4 is 14.8 Å². The van der Waals surface area contributed by atoms with E-state index in [2.05, 4.69) is 5.32 Å². The first-order valence-corrected chi connectivity index (χ1v) is 9.20. The van der Waals surface area contributed by atoms with Crippen molar-refractivity contribution in [2.24, 2.45) is 0 Å². The SMILES string of the molecule is COc1ccc(C(CC(=O)O)NC(=O)c2ccc(F)c(SC)c2)cc1OC. The molecule has 1 amide bonds. The Morgan fingerprint density at radius 3 is 2.44 bits per heavy atom. The third kappa shape index (κ3) is 5.13. The zero-order valence-corrected chi connectivity index (χ0v) is 15.9. The Kier molecular flexibility index (Phi) is 7.06. The molecule has 0 bridgehead atoms. The highest BCUT2D eigenvalue weighted by atomic mass is 32.2. The largest absolute Gasteiger partial charge is 0.493 e. The fourth-order valence-electron chi connectivity index (χ4n) is 2.54. The van der Waals surface area contributed by atoms with E-state index in [-0.39, 0.29) is 12.0 Å². The van der Waals surface area contributed by atoms with Crippen LogP contribution in [0.15, 0.2) is 41.3 Å². The van der Waals surface area contributed by atoms with Crippen LogP contribution in [0.2, 0.25) is 0 Å². The third-order valence-corrected chi connectivity index (χ3v) is 4.66. The zero-order chi connectivity index (χ0) is 20.0. The van der Waals surface area contributed by atoms with Gasteiger partial charge in [-0.2, -0.15) is 0 Å². The first-order valence-electron chi connectivity index (χ1n) is 7.97. The van der Waals surface area contributed by atoms with Crippen molar-refractivity contribution in [3.8, 4) is 11.5 Å². The third-order valence-electron chi connectivity index (χ3n) is 3.91. The van der Waals surface area contributed by atoms with E-state index in [4.69, 9.17) is 9.47 Å². The summed E-state index contributed by atoms with van der Waals surface area (Å²) in [7, 11) is 2.96. The zero-order valence-electron chi connectivity index (χ0n) is 15.1. The van der Waals surface area contributed by atoms with E-state index in [1.54, 1.807) is 24.5 Å². The maximum Gasteiger partial charge on any atom is 0.305 e. The second-order valence-corrected chi connectivity index (χ2v) is 6.44. The minimum absolute atomic E-state index is 0.247. The first-order chi connectivity index (χ1) is 12.9. The molecule has 2 N–H and O–H groups in total. The van der Waals surface area contributed by atoms with Gasteiger partial charge in [-0.15, -0.1) is 11.8 Å². The Morgan fingerprint density at radius 2 is 1.85 bits per heavy atom. The molecule has 27 heavy (non-hydrogen) atoms. The minimum Gasteiger partial charge on any atom is -0.493 e. The second kappa shape index (κ2) is 9.27. The fourth-order valence-corrected chi connectivity index (χ4v) is 3.05. The lowest BCUT2D eigenvalue weighted by Crippen LogP contribution is -2.30. The van der Waals surface area contributed by atoms with Gasteiger partial charge in [0.05, 0.1) is 26.7 Å². The molecular weight excluding hydrogens is 373 g/mol. The van der Waals surface area contributed by atoms with Crippen molar-refractivity contribution in [3.63, 3.8) is 0 Å². The van der Waals surface area contributed by atoms with Crippen molar-refractivity contribution >= 4 is 23.6 Å². The summed E-state index contributed by atoms with van der Waals surface area (Å²) in [5, 5.41) is 11.9. The quantitative estimate of drug-likeness (QED) is 0.668. The summed E-state index contributed by atoms with van der Waals surface area (Å²) in [5.74, 6) is -1.07. The van der Waals surface area contributed by atoms with E-state index < -0.39 is 23.7 Å². The number of carboxylic acids is 1. The van der Waals surface area contributed by atoms with Gasteiger partial charge in [0.2, 0.25) is 0 Å². The van der Waals surface area contributed by atoms with Crippen molar-refractivity contribution in [1.29, 1.82) is 0 Å². The summed E-state index contributed by atoms with van der Waals surface area (Å²) in [6.07, 6.45) is 1.38. The molecule has 0 radical (unpaired) electrons. The average molecular weight is 393 g/mol. The molecule has 2 aromatic carbocycles. The van der Waals surface area contributed by atoms with Gasteiger partial charge in [-0.25, -0.2) is 4.39 Å². The Labute approximate surface area is 160 Å². The maximum atomic E-state index is 13.6. The number of rotatable bonds is 8. The van der Waals surface area contributed by atoms with E-state index >= 15 is 0 Å². The summed E-state index contributed by atoms with van der Waals surface area (Å²) in [6, 6.07) is 8.12. The van der Waals surface area contributed by atoms with Crippen molar-refractivity contribution in [2.45, 2.75) is 17.4 Å². The summed E-state index contributed by atoms with van der Waals surface area (Å²) in [4.78, 5) is 24.2. The lowest BCUT2D eigenvalue weighted by molar-refractivity contribution is -0.137. The molecule has 2 rings (SSSR count). The number of hydrogen-bond acceptors (Lipinski definition) is 5. The number of carbonyl (C=O) groups excluding carboxylic acids is 1. The molecule has 144 valence electrons. The normalized spacial score (nSPS) is 11.6. The number of nitrogens with one attached hydrogen (secondary N) is 1. The van der Waals surface area contributed by atoms with E-state index in [1.165, 1.54) is 44.2 Å². The van der Waals surface area contributed by atoms with Crippen LogP contribution in [0.25, 0.3) is 0 Å². The van der Waals surface area contributed by atoms with E-state index in [0.717, 1.165) is 0 Å². The van der Waals surface area contributed by atoms with Crippen LogP contribution in [-0.2, 0) is 4.79 Å². The summed E-state index contributed by atoms with van der Waals surface area (Å²) in [6.45, 7) is 0. The standard InChI is InChI=1S/C19H20FNO5S/c1-25-15-7-5-11(8-16(15)26-2)14(10-18(22)23)21-19(24)12-4-6-13(20)17(9-12)27-3/h4-9,14H,10H2,1-3H3,(H,21,24)(H,22,23). The van der Waals surface area contributed by atoms with Crippen molar-refractivity contribution in [3.05, 3.63) is 53.3 Å². The molecule has 0 aliphatic carbocycles. The molecular formula is C19H20FNO5S. The molecule has 0 heterocycles. The molecule has 8 heteroatoms. The van der Waals surface area contributed by atoms with E-state index in [0.29, 0.717) is 22.0 Å². The lowest BCUT2D eigenvalue weighted by Gasteiger charge is -2.19. The Hall–Kier alpha value is -2.74. The van der Waals surface area contributed by atoms with Crippen LogP contribution in [0.1, 0.15) is 28.4 Å². The predicted molar refractivity (Wildman–Crippen MR) is 100 cm³/mol. The molecule has 0 aliphatic rings. The van der Waals surface area contributed by atoms with Gasteiger partial charge in [0.25, 0.3) is 5.91 Å². The van der Waals surface area contributed by atoms with Crippen molar-refractivity contribution in [1.82, 2.24) is 5.32 Å². The predicted octanol–water partition coefficient (Wildman–Crippen LogP) is 3.51. The summed E-state index contributed by atoms with van der Waals surface area (Å²) in [5.41, 5.74) is 0.798. The second-order valence-electron chi connectivity index (χ2n) is 5.59. The van der Waals surface area contributed by atoms with Gasteiger partial charge in [0.15, 0.2) is 11.5 Å². The van der Waals surface area contributed by atoms with Gasteiger partial charge in [-0.1, -0.05) is 6.07 Å². The van der Waals surface area contributed by atoms with Gasteiger partial charge in [-0.3, -0.25) is 9.59 Å². The summed E-state index contributed by atoms with van der Waals surface area (Å²) < 4.78 is 24.0. The average Bonchev–Trinajstić information content (AvgIpc) is 2.66. The summed E-state index contributed by atoms with van der Waals surface area (Å²) >= 11 is 1.18. The van der Waals surface area contributed by atoms with Gasteiger partial charge in [-0.05, 0) is 42.2 Å². The Balaban J connectivity index is 2.31.